The van der Waals surface area contributed by atoms with Gasteiger partial charge in [0.25, 0.3) is 11.8 Å². The second-order valence-corrected chi connectivity index (χ2v) is 7.87. The van der Waals surface area contributed by atoms with Crippen molar-refractivity contribution < 1.29 is 23.9 Å². The minimum absolute atomic E-state index is 0.288. The number of rotatable bonds is 7. The molecule has 1 fully saturated rings. The van der Waals surface area contributed by atoms with E-state index in [9.17, 15) is 14.4 Å². The fraction of sp³-hybridized carbons (Fsp3) is 0.318. The molecular formula is C22H22ClN5O5. The Labute approximate surface area is 195 Å². The highest BCUT2D eigenvalue weighted by atomic mass is 35.5. The number of nitrogens with one attached hydrogen (secondary N) is 1. The van der Waals surface area contributed by atoms with Crippen LogP contribution in [0.5, 0.6) is 11.5 Å². The molecule has 33 heavy (non-hydrogen) atoms. The van der Waals surface area contributed by atoms with Crippen molar-refractivity contribution in [1.29, 1.82) is 0 Å². The van der Waals surface area contributed by atoms with E-state index in [4.69, 9.17) is 21.1 Å². The summed E-state index contributed by atoms with van der Waals surface area (Å²) >= 11 is 6.15. The predicted molar refractivity (Wildman–Crippen MR) is 121 cm³/mol. The van der Waals surface area contributed by atoms with Gasteiger partial charge in [0, 0.05) is 6.07 Å². The molecule has 2 aromatic rings. The summed E-state index contributed by atoms with van der Waals surface area (Å²) in [6.45, 7) is 1.73. The van der Waals surface area contributed by atoms with Crippen molar-refractivity contribution >= 4 is 40.7 Å². The maximum atomic E-state index is 13.1. The number of anilines is 2. The van der Waals surface area contributed by atoms with E-state index < -0.39 is 29.8 Å². The highest BCUT2D eigenvalue weighted by Gasteiger charge is 2.55. The average molecular weight is 472 g/mol. The van der Waals surface area contributed by atoms with Crippen LogP contribution in [0.3, 0.4) is 0 Å². The zero-order valence-electron chi connectivity index (χ0n) is 18.2. The summed E-state index contributed by atoms with van der Waals surface area (Å²) in [5.74, 6) is -0.689. The number of nitrogens with zero attached hydrogens (tertiary/aromatic N) is 4. The van der Waals surface area contributed by atoms with E-state index in [-0.39, 0.29) is 11.6 Å². The number of halogens is 1. The molecule has 0 saturated carbocycles. The maximum absolute atomic E-state index is 13.1. The number of methoxy groups -OCH3 is 2. The molecule has 0 aromatic heterocycles. The SMILES string of the molecule is CCc1ccc(N2C(=O)[C@@H]3N=NN(CC(=O)Nc4cc(Cl)c(OC)cc4OC)[C@H]3C2=O)cc1. The summed E-state index contributed by atoms with van der Waals surface area (Å²) in [4.78, 5) is 39.7. The summed E-state index contributed by atoms with van der Waals surface area (Å²) in [6, 6.07) is 8.26. The lowest BCUT2D eigenvalue weighted by Crippen LogP contribution is -2.43. The molecule has 0 spiro atoms. The quantitative estimate of drug-likeness (QED) is 0.621. The molecule has 0 bridgehead atoms. The van der Waals surface area contributed by atoms with Crippen molar-refractivity contribution in [3.05, 3.63) is 47.0 Å². The van der Waals surface area contributed by atoms with Crippen LogP contribution < -0.4 is 19.7 Å². The van der Waals surface area contributed by atoms with Crippen LogP contribution in [0.15, 0.2) is 46.7 Å². The predicted octanol–water partition coefficient (Wildman–Crippen LogP) is 2.85. The number of ether oxygens (including phenoxy) is 2. The van der Waals surface area contributed by atoms with Crippen LogP contribution in [0.1, 0.15) is 12.5 Å². The maximum Gasteiger partial charge on any atom is 0.263 e. The first-order chi connectivity index (χ1) is 15.9. The fourth-order valence-corrected chi connectivity index (χ4v) is 4.02. The molecular weight excluding hydrogens is 450 g/mol. The number of hydrogen-bond acceptors (Lipinski definition) is 8. The van der Waals surface area contributed by atoms with E-state index in [0.717, 1.165) is 16.9 Å². The Morgan fingerprint density at radius 2 is 1.79 bits per heavy atom. The van der Waals surface area contributed by atoms with Gasteiger partial charge in [-0.15, -0.1) is 0 Å². The van der Waals surface area contributed by atoms with E-state index in [2.05, 4.69) is 15.7 Å². The van der Waals surface area contributed by atoms with Gasteiger partial charge >= 0.3 is 0 Å². The Morgan fingerprint density at radius 1 is 1.09 bits per heavy atom. The number of carbonyl (C=O) groups excluding carboxylic acids is 3. The van der Waals surface area contributed by atoms with Crippen LogP contribution in [0, 0.1) is 0 Å². The first-order valence-electron chi connectivity index (χ1n) is 10.2. The molecule has 0 unspecified atom stereocenters. The summed E-state index contributed by atoms with van der Waals surface area (Å²) in [5.41, 5.74) is 1.88. The highest BCUT2D eigenvalue weighted by molar-refractivity contribution is 6.32. The monoisotopic (exact) mass is 471 g/mol. The van der Waals surface area contributed by atoms with Gasteiger partial charge < -0.3 is 14.8 Å². The van der Waals surface area contributed by atoms with Crippen LogP contribution in [-0.2, 0) is 20.8 Å². The van der Waals surface area contributed by atoms with Gasteiger partial charge in [0.05, 0.1) is 30.6 Å². The van der Waals surface area contributed by atoms with Gasteiger partial charge in [0.15, 0.2) is 12.1 Å². The fourth-order valence-electron chi connectivity index (χ4n) is 3.78. The molecule has 2 aliphatic heterocycles. The number of amides is 3. The number of hydrogen-bond donors (Lipinski definition) is 1. The Balaban J connectivity index is 1.49. The minimum atomic E-state index is -0.985. The van der Waals surface area contributed by atoms with Gasteiger partial charge in [-0.25, -0.2) is 4.90 Å². The Kier molecular flexibility index (Phi) is 6.19. The zero-order chi connectivity index (χ0) is 23.7. The average Bonchev–Trinajstić information content (AvgIpc) is 3.33. The van der Waals surface area contributed by atoms with Crippen molar-refractivity contribution in [1.82, 2.24) is 5.01 Å². The molecule has 3 amide bonds. The number of imide groups is 1. The molecule has 2 aromatic carbocycles. The molecule has 0 aliphatic carbocycles. The van der Waals surface area contributed by atoms with Gasteiger partial charge in [0.2, 0.25) is 5.91 Å². The lowest BCUT2D eigenvalue weighted by molar-refractivity contribution is -0.123. The number of carbonyl (C=O) groups is 3. The molecule has 11 heteroatoms. The van der Waals surface area contributed by atoms with Crippen molar-refractivity contribution in [3.8, 4) is 11.5 Å². The molecule has 0 radical (unpaired) electrons. The number of fused-ring (bicyclic) bond motifs is 1. The van der Waals surface area contributed by atoms with Gasteiger partial charge in [-0.05, 0) is 30.2 Å². The van der Waals surface area contributed by atoms with Gasteiger partial charge in [-0.1, -0.05) is 35.9 Å². The van der Waals surface area contributed by atoms with Crippen LogP contribution in [-0.4, -0.2) is 55.6 Å². The first-order valence-corrected chi connectivity index (χ1v) is 10.6. The standard InChI is InChI=1S/C22H22ClN5O5/c1-4-12-5-7-13(8-6-12)28-21(30)19-20(22(28)31)27(26-25-19)11-18(29)24-15-9-14(23)16(32-2)10-17(15)33-3/h5-10,19-20H,4,11H2,1-3H3,(H,24,29)/t19-,20-/m1/s1. The summed E-state index contributed by atoms with van der Waals surface area (Å²) < 4.78 is 10.4. The van der Waals surface area contributed by atoms with E-state index >= 15 is 0 Å². The number of aryl methyl sites for hydroxylation is 1. The van der Waals surface area contributed by atoms with Gasteiger partial charge in [-0.2, -0.15) is 5.11 Å². The summed E-state index contributed by atoms with van der Waals surface area (Å²) in [7, 11) is 2.91. The molecule has 4 rings (SSSR count). The van der Waals surface area contributed by atoms with Crippen LogP contribution in [0.25, 0.3) is 0 Å². The van der Waals surface area contributed by atoms with Gasteiger partial charge in [-0.3, -0.25) is 19.4 Å². The third-order valence-corrected chi connectivity index (χ3v) is 5.81. The van der Waals surface area contributed by atoms with E-state index in [0.29, 0.717) is 22.9 Å². The third-order valence-electron chi connectivity index (χ3n) is 5.51. The Bertz CT molecular complexity index is 1140. The molecule has 2 aliphatic rings. The van der Waals surface area contributed by atoms with E-state index in [1.165, 1.54) is 25.3 Å². The second kappa shape index (κ2) is 9.07. The lowest BCUT2D eigenvalue weighted by atomic mass is 10.1. The molecule has 10 nitrogen and oxygen atoms in total. The Morgan fingerprint density at radius 3 is 2.42 bits per heavy atom. The second-order valence-electron chi connectivity index (χ2n) is 7.46. The molecule has 172 valence electrons. The van der Waals surface area contributed by atoms with Gasteiger partial charge in [0.1, 0.15) is 18.0 Å². The molecule has 1 N–H and O–H groups in total. The van der Waals surface area contributed by atoms with Crippen molar-refractivity contribution in [3.63, 3.8) is 0 Å². The molecule has 2 atom stereocenters. The Hall–Kier alpha value is -3.66. The topological polar surface area (TPSA) is 113 Å². The number of benzene rings is 2. The summed E-state index contributed by atoms with van der Waals surface area (Å²) in [5, 5.41) is 12.0. The third kappa shape index (κ3) is 4.09. The van der Waals surface area contributed by atoms with Crippen molar-refractivity contribution in [2.24, 2.45) is 10.3 Å². The highest BCUT2D eigenvalue weighted by Crippen LogP contribution is 2.36. The van der Waals surface area contributed by atoms with E-state index in [1.807, 2.05) is 19.1 Å². The van der Waals surface area contributed by atoms with Crippen molar-refractivity contribution in [2.45, 2.75) is 25.4 Å². The van der Waals surface area contributed by atoms with Crippen LogP contribution >= 0.6 is 11.6 Å². The molecule has 2 heterocycles. The minimum Gasteiger partial charge on any atom is -0.495 e. The zero-order valence-corrected chi connectivity index (χ0v) is 19.0. The van der Waals surface area contributed by atoms with E-state index in [1.54, 1.807) is 18.2 Å². The normalized spacial score (nSPS) is 19.2. The van der Waals surface area contributed by atoms with Crippen LogP contribution in [0.2, 0.25) is 5.02 Å². The smallest absolute Gasteiger partial charge is 0.263 e. The first kappa shape index (κ1) is 22.5. The summed E-state index contributed by atoms with van der Waals surface area (Å²) in [6.07, 6.45) is 0.842. The lowest BCUT2D eigenvalue weighted by Gasteiger charge is -2.20. The largest absolute Gasteiger partial charge is 0.495 e. The van der Waals surface area contributed by atoms with Crippen molar-refractivity contribution in [2.75, 3.05) is 31.0 Å². The van der Waals surface area contributed by atoms with Crippen LogP contribution in [0.4, 0.5) is 11.4 Å². The molecule has 1 saturated heterocycles.